The first kappa shape index (κ1) is 18.6. The van der Waals surface area contributed by atoms with Crippen molar-refractivity contribution in [3.8, 4) is 0 Å². The Balaban J connectivity index is 1.61. The van der Waals surface area contributed by atoms with Gasteiger partial charge < -0.3 is 4.84 Å². The Bertz CT molecular complexity index is 642. The zero-order chi connectivity index (χ0) is 18.3. The van der Waals surface area contributed by atoms with E-state index >= 15 is 0 Å². The fourth-order valence-corrected chi connectivity index (χ4v) is 3.92. The maximum absolute atomic E-state index is 12.4. The lowest BCUT2D eigenvalue weighted by molar-refractivity contribution is -0.0745. The normalized spacial score (nSPS) is 21.3. The molecule has 0 aromatic heterocycles. The highest BCUT2D eigenvalue weighted by molar-refractivity contribution is 8.00. The van der Waals surface area contributed by atoms with Gasteiger partial charge in [0.05, 0.1) is 5.71 Å². The van der Waals surface area contributed by atoms with Crippen LogP contribution in [0.2, 0.25) is 0 Å². The third-order valence-electron chi connectivity index (χ3n) is 4.88. The van der Waals surface area contributed by atoms with Crippen molar-refractivity contribution < 1.29 is 18.0 Å². The van der Waals surface area contributed by atoms with E-state index in [4.69, 9.17) is 4.84 Å². The van der Waals surface area contributed by atoms with Crippen LogP contribution in [0.1, 0.15) is 45.6 Å². The number of piperidine rings is 1. The molecule has 0 radical (unpaired) electrons. The number of alkyl halides is 3. The molecule has 0 N–H and O–H groups in total. The van der Waals surface area contributed by atoms with E-state index in [2.05, 4.69) is 30.8 Å². The lowest BCUT2D eigenvalue weighted by Crippen LogP contribution is -2.51. The van der Waals surface area contributed by atoms with Crippen LogP contribution >= 0.6 is 11.8 Å². The molecule has 1 aromatic rings. The monoisotopic (exact) mass is 372 g/mol. The van der Waals surface area contributed by atoms with Gasteiger partial charge in [0.25, 0.3) is 0 Å². The zero-order valence-electron chi connectivity index (χ0n) is 14.7. The zero-order valence-corrected chi connectivity index (χ0v) is 15.5. The second-order valence-corrected chi connectivity index (χ2v) is 8.86. The third kappa shape index (κ3) is 4.50. The maximum Gasteiger partial charge on any atom is 0.446 e. The molecule has 0 amide bonds. The van der Waals surface area contributed by atoms with Crippen LogP contribution in [0, 0.1) is 0 Å². The number of hydrogen-bond donors (Lipinski definition) is 0. The molecule has 3 rings (SSSR count). The molecule has 0 atom stereocenters. The van der Waals surface area contributed by atoms with E-state index < -0.39 is 5.51 Å². The molecule has 1 aromatic carbocycles. The first-order valence-corrected chi connectivity index (χ1v) is 9.24. The number of likely N-dealkylation sites (tertiary alicyclic amines) is 1. The van der Waals surface area contributed by atoms with Gasteiger partial charge in [-0.2, -0.15) is 13.2 Å². The second kappa shape index (κ2) is 6.50. The van der Waals surface area contributed by atoms with Gasteiger partial charge >= 0.3 is 5.51 Å². The van der Waals surface area contributed by atoms with Gasteiger partial charge in [-0.1, -0.05) is 17.3 Å². The molecule has 2 aliphatic heterocycles. The summed E-state index contributed by atoms with van der Waals surface area (Å²) in [6.07, 6.45) is 2.55. The van der Waals surface area contributed by atoms with Crippen LogP contribution in [-0.2, 0) is 4.84 Å². The van der Waals surface area contributed by atoms with Crippen molar-refractivity contribution in [2.75, 3.05) is 13.1 Å². The van der Waals surface area contributed by atoms with Crippen LogP contribution in [0.25, 0.3) is 0 Å². The largest absolute Gasteiger partial charge is 0.446 e. The minimum absolute atomic E-state index is 0.101. The molecule has 25 heavy (non-hydrogen) atoms. The minimum atomic E-state index is -4.26. The second-order valence-electron chi connectivity index (χ2n) is 7.72. The first-order valence-electron chi connectivity index (χ1n) is 8.43. The van der Waals surface area contributed by atoms with Crippen molar-refractivity contribution in [2.45, 2.75) is 61.6 Å². The van der Waals surface area contributed by atoms with Gasteiger partial charge in [-0.25, -0.2) is 0 Å². The smallest absolute Gasteiger partial charge is 0.388 e. The molecule has 0 bridgehead atoms. The number of benzene rings is 1. The van der Waals surface area contributed by atoms with Gasteiger partial charge in [0.1, 0.15) is 5.60 Å². The molecule has 2 aliphatic rings. The van der Waals surface area contributed by atoms with Crippen LogP contribution in [0.15, 0.2) is 34.3 Å². The number of thioether (sulfide) groups is 1. The van der Waals surface area contributed by atoms with E-state index in [0.717, 1.165) is 43.6 Å². The van der Waals surface area contributed by atoms with Crippen LogP contribution in [0.3, 0.4) is 0 Å². The van der Waals surface area contributed by atoms with Gasteiger partial charge in [0, 0.05) is 42.8 Å². The molecule has 1 saturated heterocycles. The summed E-state index contributed by atoms with van der Waals surface area (Å²) in [5.74, 6) is 0. The van der Waals surface area contributed by atoms with Crippen molar-refractivity contribution in [3.63, 3.8) is 0 Å². The summed E-state index contributed by atoms with van der Waals surface area (Å²) in [4.78, 5) is 8.43. The predicted molar refractivity (Wildman–Crippen MR) is 93.9 cm³/mol. The highest BCUT2D eigenvalue weighted by Gasteiger charge is 2.43. The molecule has 0 unspecified atom stereocenters. The topological polar surface area (TPSA) is 24.8 Å². The highest BCUT2D eigenvalue weighted by atomic mass is 32.2. The van der Waals surface area contributed by atoms with Gasteiger partial charge in [-0.3, -0.25) is 4.90 Å². The first-order chi connectivity index (χ1) is 11.6. The molecular weight excluding hydrogens is 349 g/mol. The predicted octanol–water partition coefficient (Wildman–Crippen LogP) is 5.06. The lowest BCUT2D eigenvalue weighted by Gasteiger charge is -2.43. The molecule has 7 heteroatoms. The van der Waals surface area contributed by atoms with Crippen molar-refractivity contribution in [2.24, 2.45) is 5.16 Å². The van der Waals surface area contributed by atoms with Crippen molar-refractivity contribution in [1.29, 1.82) is 0 Å². The molecule has 1 spiro atoms. The summed E-state index contributed by atoms with van der Waals surface area (Å²) in [5, 5.41) is 4.24. The average molecular weight is 372 g/mol. The summed E-state index contributed by atoms with van der Waals surface area (Å²) in [6, 6.07) is 6.37. The van der Waals surface area contributed by atoms with E-state index in [1.807, 2.05) is 0 Å². The number of oxime groups is 1. The highest BCUT2D eigenvalue weighted by Crippen LogP contribution is 2.39. The fourth-order valence-electron chi connectivity index (χ4n) is 3.38. The molecule has 0 aliphatic carbocycles. The lowest BCUT2D eigenvalue weighted by atomic mass is 9.84. The number of hydrogen-bond acceptors (Lipinski definition) is 4. The average Bonchev–Trinajstić information content (AvgIpc) is 2.90. The van der Waals surface area contributed by atoms with E-state index in [1.165, 1.54) is 12.1 Å². The third-order valence-corrected chi connectivity index (χ3v) is 5.62. The fraction of sp³-hybridized carbons (Fsp3) is 0.611. The van der Waals surface area contributed by atoms with E-state index in [9.17, 15) is 13.2 Å². The number of halogens is 3. The van der Waals surface area contributed by atoms with Gasteiger partial charge in [-0.15, -0.1) is 0 Å². The Labute approximate surface area is 150 Å². The molecule has 0 saturated carbocycles. The molecule has 3 nitrogen and oxygen atoms in total. The molecule has 2 heterocycles. The SMILES string of the molecule is CC(C)(C)N1CCC2(CC1)CC(c1ccc(SC(F)(F)F)cc1)=NO2. The minimum Gasteiger partial charge on any atom is -0.388 e. The summed E-state index contributed by atoms with van der Waals surface area (Å²) in [5.41, 5.74) is -2.71. The van der Waals surface area contributed by atoms with Gasteiger partial charge in [-0.05, 0) is 50.2 Å². The summed E-state index contributed by atoms with van der Waals surface area (Å²) in [7, 11) is 0. The molecule has 1 fully saturated rings. The maximum atomic E-state index is 12.4. The Morgan fingerprint density at radius 2 is 1.68 bits per heavy atom. The Hall–Kier alpha value is -1.21. The van der Waals surface area contributed by atoms with E-state index in [0.29, 0.717) is 0 Å². The number of nitrogens with zero attached hydrogens (tertiary/aromatic N) is 2. The van der Waals surface area contributed by atoms with Crippen LogP contribution < -0.4 is 0 Å². The van der Waals surface area contributed by atoms with Gasteiger partial charge in [0.15, 0.2) is 0 Å². The van der Waals surface area contributed by atoms with Crippen molar-refractivity contribution in [1.82, 2.24) is 4.90 Å². The summed E-state index contributed by atoms with van der Waals surface area (Å²) in [6.45, 7) is 8.57. The van der Waals surface area contributed by atoms with Gasteiger partial charge in [0.2, 0.25) is 0 Å². The Morgan fingerprint density at radius 3 is 2.20 bits per heavy atom. The molecular formula is C18H23F3N2OS. The van der Waals surface area contributed by atoms with E-state index in [-0.39, 0.29) is 27.8 Å². The Morgan fingerprint density at radius 1 is 1.08 bits per heavy atom. The molecule has 138 valence electrons. The summed E-state index contributed by atoms with van der Waals surface area (Å²) >= 11 is -0.101. The standard InChI is InChI=1S/C18H23F3N2OS/c1-16(2,3)23-10-8-17(9-11-23)12-15(22-24-17)13-4-6-14(7-5-13)25-18(19,20)21/h4-7H,8-12H2,1-3H3. The number of rotatable bonds is 2. The van der Waals surface area contributed by atoms with Crippen LogP contribution in [0.5, 0.6) is 0 Å². The van der Waals surface area contributed by atoms with Crippen LogP contribution in [-0.4, -0.2) is 40.3 Å². The van der Waals surface area contributed by atoms with Crippen LogP contribution in [0.4, 0.5) is 13.2 Å². The van der Waals surface area contributed by atoms with Crippen molar-refractivity contribution >= 4 is 17.5 Å². The quantitative estimate of drug-likeness (QED) is 0.679. The van der Waals surface area contributed by atoms with E-state index in [1.54, 1.807) is 12.1 Å². The Kier molecular flexibility index (Phi) is 4.83. The summed E-state index contributed by atoms with van der Waals surface area (Å²) < 4.78 is 37.2. The van der Waals surface area contributed by atoms with Crippen molar-refractivity contribution in [3.05, 3.63) is 29.8 Å².